The average molecular weight is 389 g/mol. The van der Waals surface area contributed by atoms with Crippen LogP contribution in [-0.2, 0) is 4.79 Å². The van der Waals surface area contributed by atoms with Crippen molar-refractivity contribution in [2.75, 3.05) is 24.7 Å². The first-order valence-electron chi connectivity index (χ1n) is 8.21. The molecule has 134 valence electrons. The lowest BCUT2D eigenvalue weighted by Crippen LogP contribution is -2.43. The van der Waals surface area contributed by atoms with E-state index in [2.05, 4.69) is 17.4 Å². The second-order valence-corrected chi connectivity index (χ2v) is 8.76. The monoisotopic (exact) mass is 388 g/mol. The van der Waals surface area contributed by atoms with Crippen molar-refractivity contribution < 1.29 is 9.53 Å². The average Bonchev–Trinajstić information content (AvgIpc) is 3.44. The lowest BCUT2D eigenvalue weighted by atomic mass is 10.2. The molecule has 1 saturated carbocycles. The molecule has 2 aliphatic rings. The number of carbonyl (C=O) groups is 1. The molecule has 1 aromatic carbocycles. The summed E-state index contributed by atoms with van der Waals surface area (Å²) in [7, 11) is 0. The molecule has 0 radical (unpaired) electrons. The van der Waals surface area contributed by atoms with Crippen LogP contribution in [0.4, 0.5) is 0 Å². The van der Waals surface area contributed by atoms with Gasteiger partial charge in [-0.05, 0) is 54.4 Å². The fourth-order valence-corrected chi connectivity index (χ4v) is 5.56. The van der Waals surface area contributed by atoms with Crippen LogP contribution >= 0.6 is 35.9 Å². The van der Waals surface area contributed by atoms with Gasteiger partial charge in [0.25, 0.3) is 5.91 Å². The van der Waals surface area contributed by atoms with Crippen LogP contribution in [0.3, 0.4) is 0 Å². The summed E-state index contributed by atoms with van der Waals surface area (Å²) in [4.78, 5) is 11.9. The summed E-state index contributed by atoms with van der Waals surface area (Å²) in [6, 6.07) is 8.24. The topological polar surface area (TPSA) is 64.3 Å². The minimum Gasteiger partial charge on any atom is -0.484 e. The number of hydrogen-bond donors (Lipinski definition) is 2. The second-order valence-electron chi connectivity index (χ2n) is 6.03. The molecule has 2 fully saturated rings. The number of carbonyl (C=O) groups excluding carboxylic acids is 1. The molecule has 1 aliphatic heterocycles. The molecule has 1 amide bonds. The molecule has 1 atom stereocenters. The minimum absolute atomic E-state index is 0. The van der Waals surface area contributed by atoms with E-state index < -0.39 is 0 Å². The summed E-state index contributed by atoms with van der Waals surface area (Å²) in [5, 5.41) is 2.97. The van der Waals surface area contributed by atoms with Gasteiger partial charge in [0.15, 0.2) is 6.61 Å². The van der Waals surface area contributed by atoms with E-state index >= 15 is 0 Å². The van der Waals surface area contributed by atoms with Crippen molar-refractivity contribution >= 4 is 41.8 Å². The third-order valence-corrected chi connectivity index (χ3v) is 7.16. The van der Waals surface area contributed by atoms with Gasteiger partial charge in [-0.15, -0.1) is 35.9 Å². The van der Waals surface area contributed by atoms with E-state index in [0.29, 0.717) is 17.0 Å². The summed E-state index contributed by atoms with van der Waals surface area (Å²) in [6.45, 7) is 0.553. The van der Waals surface area contributed by atoms with Crippen LogP contribution in [0, 0.1) is 5.92 Å². The van der Waals surface area contributed by atoms with Crippen LogP contribution in [-0.4, -0.2) is 36.6 Å². The summed E-state index contributed by atoms with van der Waals surface area (Å²) in [6.07, 6.45) is 3.64. The number of amides is 1. The molecule has 0 bridgehead atoms. The summed E-state index contributed by atoms with van der Waals surface area (Å²) < 4.78 is 6.12. The molecular formula is C17H25ClN2O2S2. The lowest BCUT2D eigenvalue weighted by Gasteiger charge is -2.21. The van der Waals surface area contributed by atoms with Gasteiger partial charge in [-0.2, -0.15) is 0 Å². The number of ether oxygens (including phenoxy) is 1. The third kappa shape index (κ3) is 5.76. The van der Waals surface area contributed by atoms with Crippen molar-refractivity contribution in [2.24, 2.45) is 11.7 Å². The Balaban J connectivity index is 0.00000208. The van der Waals surface area contributed by atoms with Crippen LogP contribution < -0.4 is 15.8 Å². The Morgan fingerprint density at radius 1 is 1.25 bits per heavy atom. The van der Waals surface area contributed by atoms with E-state index in [1.807, 2.05) is 35.7 Å². The Kier molecular flexibility index (Phi) is 8.07. The van der Waals surface area contributed by atoms with E-state index in [1.165, 1.54) is 36.3 Å². The first-order chi connectivity index (χ1) is 11.3. The van der Waals surface area contributed by atoms with E-state index in [4.69, 9.17) is 10.5 Å². The number of halogens is 1. The molecule has 1 saturated heterocycles. The predicted molar refractivity (Wildman–Crippen MR) is 105 cm³/mol. The van der Waals surface area contributed by atoms with E-state index in [-0.39, 0.29) is 31.0 Å². The highest BCUT2D eigenvalue weighted by Crippen LogP contribution is 2.43. The molecule has 0 aromatic heterocycles. The van der Waals surface area contributed by atoms with Crippen LogP contribution in [0.5, 0.6) is 5.75 Å². The molecule has 4 nitrogen and oxygen atoms in total. The molecule has 1 unspecified atom stereocenters. The Morgan fingerprint density at radius 2 is 1.92 bits per heavy atom. The quantitative estimate of drug-likeness (QED) is 0.750. The highest BCUT2D eigenvalue weighted by molar-refractivity contribution is 8.16. The maximum atomic E-state index is 11.9. The van der Waals surface area contributed by atoms with Gasteiger partial charge in [0.1, 0.15) is 5.75 Å². The molecule has 24 heavy (non-hydrogen) atoms. The fraction of sp³-hybridized carbons (Fsp3) is 0.588. The molecule has 3 N–H and O–H groups in total. The Morgan fingerprint density at radius 3 is 2.50 bits per heavy atom. The van der Waals surface area contributed by atoms with Gasteiger partial charge in [0.2, 0.25) is 0 Å². The number of benzene rings is 1. The molecular weight excluding hydrogens is 364 g/mol. The van der Waals surface area contributed by atoms with Crippen LogP contribution in [0.15, 0.2) is 24.3 Å². The molecule has 3 rings (SSSR count). The van der Waals surface area contributed by atoms with E-state index in [1.54, 1.807) is 0 Å². The van der Waals surface area contributed by atoms with Crippen LogP contribution in [0.2, 0.25) is 0 Å². The first kappa shape index (κ1) is 19.8. The van der Waals surface area contributed by atoms with Gasteiger partial charge in [-0.3, -0.25) is 4.79 Å². The Bertz CT molecular complexity index is 520. The van der Waals surface area contributed by atoms with Crippen molar-refractivity contribution in [3.05, 3.63) is 29.8 Å². The predicted octanol–water partition coefficient (Wildman–Crippen LogP) is 3.21. The first-order valence-corrected chi connectivity index (χ1v) is 10.3. The highest BCUT2D eigenvalue weighted by Gasteiger charge is 2.31. The Hall–Kier alpha value is -0.560. The number of nitrogens with one attached hydrogen (secondary N) is 1. The van der Waals surface area contributed by atoms with Gasteiger partial charge in [0.05, 0.1) is 4.58 Å². The van der Waals surface area contributed by atoms with Crippen molar-refractivity contribution in [3.63, 3.8) is 0 Å². The maximum Gasteiger partial charge on any atom is 0.258 e. The fourth-order valence-electron chi connectivity index (χ4n) is 2.67. The normalized spacial score (nSPS) is 19.2. The molecule has 7 heteroatoms. The minimum atomic E-state index is -0.0881. The second kappa shape index (κ2) is 9.80. The summed E-state index contributed by atoms with van der Waals surface area (Å²) >= 11 is 4.01. The lowest BCUT2D eigenvalue weighted by molar-refractivity contribution is -0.123. The van der Waals surface area contributed by atoms with Crippen LogP contribution in [0.1, 0.15) is 29.4 Å². The van der Waals surface area contributed by atoms with Gasteiger partial charge in [0, 0.05) is 12.6 Å². The van der Waals surface area contributed by atoms with Crippen molar-refractivity contribution in [2.45, 2.75) is 29.9 Å². The SMILES string of the molecule is Cl.NCC(NC(=O)COc1ccc(C2SCCCS2)cc1)C1CC1. The van der Waals surface area contributed by atoms with Crippen molar-refractivity contribution in [3.8, 4) is 5.75 Å². The Labute approximate surface area is 158 Å². The maximum absolute atomic E-state index is 11.9. The molecule has 1 aliphatic carbocycles. The number of rotatable bonds is 7. The summed E-state index contributed by atoms with van der Waals surface area (Å²) in [5.41, 5.74) is 7.02. The smallest absolute Gasteiger partial charge is 0.258 e. The summed E-state index contributed by atoms with van der Waals surface area (Å²) in [5.74, 6) is 3.69. The highest BCUT2D eigenvalue weighted by atomic mass is 35.5. The van der Waals surface area contributed by atoms with Crippen molar-refractivity contribution in [1.29, 1.82) is 0 Å². The van der Waals surface area contributed by atoms with Crippen LogP contribution in [0.25, 0.3) is 0 Å². The number of thioether (sulfide) groups is 2. The number of nitrogens with two attached hydrogens (primary N) is 1. The van der Waals surface area contributed by atoms with Gasteiger partial charge in [-0.1, -0.05) is 12.1 Å². The largest absolute Gasteiger partial charge is 0.484 e. The van der Waals surface area contributed by atoms with Gasteiger partial charge >= 0.3 is 0 Å². The van der Waals surface area contributed by atoms with E-state index in [0.717, 1.165) is 5.75 Å². The van der Waals surface area contributed by atoms with Gasteiger partial charge < -0.3 is 15.8 Å². The zero-order valence-corrected chi connectivity index (χ0v) is 16.1. The zero-order valence-electron chi connectivity index (χ0n) is 13.6. The van der Waals surface area contributed by atoms with Crippen molar-refractivity contribution in [1.82, 2.24) is 5.32 Å². The van der Waals surface area contributed by atoms with Gasteiger partial charge in [-0.25, -0.2) is 0 Å². The third-order valence-electron chi connectivity index (χ3n) is 4.14. The number of hydrogen-bond acceptors (Lipinski definition) is 5. The van der Waals surface area contributed by atoms with E-state index in [9.17, 15) is 4.79 Å². The molecule has 1 heterocycles. The standard InChI is InChI=1S/C17H24N2O2S2.ClH/c18-10-15(12-2-3-12)19-16(20)11-21-14-6-4-13(5-7-14)17-22-8-1-9-23-17;/h4-7,12,15,17H,1-3,8-11,18H2,(H,19,20);1H. The zero-order chi connectivity index (χ0) is 16.1. The molecule has 0 spiro atoms. The molecule has 1 aromatic rings.